The first-order chi connectivity index (χ1) is 18.0. The summed E-state index contributed by atoms with van der Waals surface area (Å²) in [6, 6.07) is 12.7. The van der Waals surface area contributed by atoms with Crippen LogP contribution in [0.1, 0.15) is 28.9 Å². The van der Waals surface area contributed by atoms with Crippen LogP contribution in [0, 0.1) is 0 Å². The maximum atomic E-state index is 12.8. The molecule has 1 atom stereocenters. The number of hydrogen-bond acceptors (Lipinski definition) is 8. The smallest absolute Gasteiger partial charge is 0.274 e. The lowest BCUT2D eigenvalue weighted by atomic mass is 10.1. The number of nitrogens with one attached hydrogen (secondary N) is 3. The van der Waals surface area contributed by atoms with Crippen LogP contribution in [0.25, 0.3) is 22.2 Å². The molecule has 0 unspecified atom stereocenters. The van der Waals surface area contributed by atoms with E-state index in [1.54, 1.807) is 37.6 Å². The molecule has 2 aromatic heterocycles. The number of anilines is 2. The number of piperidine rings is 1. The van der Waals surface area contributed by atoms with Crippen molar-refractivity contribution in [2.24, 2.45) is 0 Å². The number of nitrogen functional groups attached to an aromatic ring is 1. The number of nitrogens with zero attached hydrogens (tertiary/aromatic N) is 2. The number of ether oxygens (including phenoxy) is 1. The number of hydrogen-bond donors (Lipinski definition) is 4. The summed E-state index contributed by atoms with van der Waals surface area (Å²) >= 11 is 0. The molecule has 2 aromatic carbocycles. The number of amides is 2. The molecule has 0 saturated carbocycles. The minimum Gasteiger partial charge on any atom is -0.497 e. The Hall–Kier alpha value is -4.44. The molecule has 0 aliphatic carbocycles. The molecule has 5 N–H and O–H groups in total. The fourth-order valence-corrected chi connectivity index (χ4v) is 4.40. The third kappa shape index (κ3) is 5.54. The van der Waals surface area contributed by atoms with Gasteiger partial charge in [-0.15, -0.1) is 0 Å². The maximum absolute atomic E-state index is 12.8. The highest BCUT2D eigenvalue weighted by molar-refractivity contribution is 5.97. The number of benzene rings is 2. The van der Waals surface area contributed by atoms with E-state index in [-0.39, 0.29) is 35.8 Å². The Labute approximate surface area is 213 Å². The second-order valence-corrected chi connectivity index (χ2v) is 8.93. The summed E-state index contributed by atoms with van der Waals surface area (Å²) in [5.74, 6) is 0.210. The largest absolute Gasteiger partial charge is 0.497 e. The predicted octanol–water partition coefficient (Wildman–Crippen LogP) is 3.14. The van der Waals surface area contributed by atoms with Crippen molar-refractivity contribution < 1.29 is 18.7 Å². The molecular weight excluding hydrogens is 472 g/mol. The SMILES string of the molecule is COc1ccc2c(CC(=O)Nc3cccc(-c4cnc(N)c(C(=O)N[C@H]5CCCNC5)n4)c3)coc2c1. The molecule has 5 rings (SSSR count). The van der Waals surface area contributed by atoms with E-state index in [0.29, 0.717) is 34.8 Å². The summed E-state index contributed by atoms with van der Waals surface area (Å²) in [4.78, 5) is 34.3. The number of methoxy groups -OCH3 is 1. The number of fused-ring (bicyclic) bond motifs is 1. The molecule has 10 nitrogen and oxygen atoms in total. The van der Waals surface area contributed by atoms with E-state index in [9.17, 15) is 9.59 Å². The van der Waals surface area contributed by atoms with Crippen molar-refractivity contribution in [3.8, 4) is 17.0 Å². The van der Waals surface area contributed by atoms with Crippen LogP contribution in [0.3, 0.4) is 0 Å². The van der Waals surface area contributed by atoms with Gasteiger partial charge < -0.3 is 30.8 Å². The van der Waals surface area contributed by atoms with Gasteiger partial charge in [-0.2, -0.15) is 0 Å². The number of furan rings is 1. The summed E-state index contributed by atoms with van der Waals surface area (Å²) in [7, 11) is 1.59. The van der Waals surface area contributed by atoms with Crippen molar-refractivity contribution >= 4 is 34.3 Å². The monoisotopic (exact) mass is 500 g/mol. The highest BCUT2D eigenvalue weighted by Crippen LogP contribution is 2.27. The van der Waals surface area contributed by atoms with Crippen molar-refractivity contribution in [2.75, 3.05) is 31.2 Å². The summed E-state index contributed by atoms with van der Waals surface area (Å²) in [6.07, 6.45) is 5.14. The molecule has 3 heterocycles. The van der Waals surface area contributed by atoms with Crippen molar-refractivity contribution in [3.05, 3.63) is 66.2 Å². The number of carbonyl (C=O) groups excluding carboxylic acids is 2. The van der Waals surface area contributed by atoms with Crippen LogP contribution in [0.4, 0.5) is 11.5 Å². The molecule has 2 amide bonds. The zero-order valence-corrected chi connectivity index (χ0v) is 20.4. The second-order valence-electron chi connectivity index (χ2n) is 8.93. The third-order valence-electron chi connectivity index (χ3n) is 6.30. The summed E-state index contributed by atoms with van der Waals surface area (Å²) in [6.45, 7) is 1.66. The molecular formula is C27H28N6O4. The van der Waals surface area contributed by atoms with Gasteiger partial charge in [-0.1, -0.05) is 12.1 Å². The minimum atomic E-state index is -0.352. The standard InChI is InChI=1S/C27H28N6O4/c1-36-20-7-8-21-17(15-37-23(21)12-20)11-24(34)31-18-5-2-4-16(10-18)22-14-30-26(28)25(33-22)27(35)32-19-6-3-9-29-13-19/h2,4-5,7-8,10,12,14-15,19,29H,3,6,9,11,13H2,1H3,(H2,28,30)(H,31,34)(H,32,35)/t19-/m0/s1. The number of nitrogens with two attached hydrogens (primary N) is 1. The van der Waals surface area contributed by atoms with Crippen molar-refractivity contribution in [3.63, 3.8) is 0 Å². The molecule has 1 fully saturated rings. The molecule has 10 heteroatoms. The van der Waals surface area contributed by atoms with Crippen LogP contribution in [0.15, 0.2) is 59.3 Å². The molecule has 0 bridgehead atoms. The number of carbonyl (C=O) groups is 2. The molecule has 1 saturated heterocycles. The first kappa shape index (κ1) is 24.3. The zero-order chi connectivity index (χ0) is 25.8. The molecule has 0 radical (unpaired) electrons. The fraction of sp³-hybridized carbons (Fsp3) is 0.259. The Morgan fingerprint density at radius 1 is 1.24 bits per heavy atom. The summed E-state index contributed by atoms with van der Waals surface area (Å²) in [5.41, 5.74) is 9.25. The van der Waals surface area contributed by atoms with Crippen LogP contribution < -0.4 is 26.4 Å². The third-order valence-corrected chi connectivity index (χ3v) is 6.30. The van der Waals surface area contributed by atoms with Crippen molar-refractivity contribution in [2.45, 2.75) is 25.3 Å². The first-order valence-corrected chi connectivity index (χ1v) is 12.1. The molecule has 1 aliphatic heterocycles. The Kier molecular flexibility index (Phi) is 7.00. The van der Waals surface area contributed by atoms with Gasteiger partial charge in [-0.25, -0.2) is 9.97 Å². The number of rotatable bonds is 7. The van der Waals surface area contributed by atoms with E-state index >= 15 is 0 Å². The Balaban J connectivity index is 1.29. The van der Waals surface area contributed by atoms with E-state index in [1.807, 2.05) is 18.2 Å². The van der Waals surface area contributed by atoms with Crippen LogP contribution in [-0.2, 0) is 11.2 Å². The van der Waals surface area contributed by atoms with E-state index in [4.69, 9.17) is 14.9 Å². The lowest BCUT2D eigenvalue weighted by Gasteiger charge is -2.23. The summed E-state index contributed by atoms with van der Waals surface area (Å²) < 4.78 is 10.8. The van der Waals surface area contributed by atoms with E-state index in [1.165, 1.54) is 6.20 Å². The van der Waals surface area contributed by atoms with Crippen LogP contribution in [-0.4, -0.2) is 48.0 Å². The van der Waals surface area contributed by atoms with Gasteiger partial charge in [-0.3, -0.25) is 9.59 Å². The van der Waals surface area contributed by atoms with Gasteiger partial charge in [0.2, 0.25) is 5.91 Å². The fourth-order valence-electron chi connectivity index (χ4n) is 4.40. The van der Waals surface area contributed by atoms with Gasteiger partial charge in [0.05, 0.1) is 31.7 Å². The van der Waals surface area contributed by atoms with Gasteiger partial charge in [0, 0.05) is 40.9 Å². The van der Waals surface area contributed by atoms with Crippen LogP contribution in [0.2, 0.25) is 0 Å². The molecule has 1 aliphatic rings. The topological polar surface area (TPSA) is 144 Å². The van der Waals surface area contributed by atoms with Gasteiger partial charge in [0.15, 0.2) is 11.5 Å². The van der Waals surface area contributed by atoms with Gasteiger partial charge >= 0.3 is 0 Å². The predicted molar refractivity (Wildman–Crippen MR) is 140 cm³/mol. The normalized spacial score (nSPS) is 15.3. The van der Waals surface area contributed by atoms with Gasteiger partial charge in [0.1, 0.15) is 11.3 Å². The number of aromatic nitrogens is 2. The average Bonchev–Trinajstić information content (AvgIpc) is 3.31. The zero-order valence-electron chi connectivity index (χ0n) is 20.4. The Bertz CT molecular complexity index is 1440. The highest BCUT2D eigenvalue weighted by atomic mass is 16.5. The van der Waals surface area contributed by atoms with E-state index in [0.717, 1.165) is 30.3 Å². The van der Waals surface area contributed by atoms with Crippen LogP contribution in [0.5, 0.6) is 5.75 Å². The first-order valence-electron chi connectivity index (χ1n) is 12.1. The molecule has 37 heavy (non-hydrogen) atoms. The second kappa shape index (κ2) is 10.7. The average molecular weight is 501 g/mol. The Morgan fingerprint density at radius 3 is 2.95 bits per heavy atom. The van der Waals surface area contributed by atoms with Crippen molar-refractivity contribution in [1.29, 1.82) is 0 Å². The lowest BCUT2D eigenvalue weighted by molar-refractivity contribution is -0.115. The van der Waals surface area contributed by atoms with Gasteiger partial charge in [-0.05, 0) is 43.7 Å². The molecule has 0 spiro atoms. The highest BCUT2D eigenvalue weighted by Gasteiger charge is 2.20. The van der Waals surface area contributed by atoms with Gasteiger partial charge in [0.25, 0.3) is 5.91 Å². The Morgan fingerprint density at radius 2 is 2.14 bits per heavy atom. The summed E-state index contributed by atoms with van der Waals surface area (Å²) in [5, 5.41) is 10.0. The van der Waals surface area contributed by atoms with Crippen LogP contribution >= 0.6 is 0 Å². The lowest BCUT2D eigenvalue weighted by Crippen LogP contribution is -2.46. The maximum Gasteiger partial charge on any atom is 0.274 e. The molecule has 190 valence electrons. The van der Waals surface area contributed by atoms with E-state index in [2.05, 4.69) is 25.9 Å². The van der Waals surface area contributed by atoms with E-state index < -0.39 is 0 Å². The van der Waals surface area contributed by atoms with Crippen molar-refractivity contribution in [1.82, 2.24) is 20.6 Å². The molecule has 4 aromatic rings. The quantitative estimate of drug-likeness (QED) is 0.303. The minimum absolute atomic E-state index is 0.0269.